The maximum Gasteiger partial charge on any atom is 0.331 e. The Labute approximate surface area is 138 Å². The van der Waals surface area contributed by atoms with Crippen molar-refractivity contribution in [1.29, 1.82) is 0 Å². The summed E-state index contributed by atoms with van der Waals surface area (Å²) in [5.41, 5.74) is 2.47. The smallest absolute Gasteiger partial charge is 0.331 e. The van der Waals surface area contributed by atoms with Crippen LogP contribution in [-0.2, 0) is 9.59 Å². The first-order valence-corrected chi connectivity index (χ1v) is 7.51. The van der Waals surface area contributed by atoms with Crippen molar-refractivity contribution in [2.24, 2.45) is 0 Å². The highest BCUT2D eigenvalue weighted by molar-refractivity contribution is 6.31. The van der Waals surface area contributed by atoms with E-state index in [-0.39, 0.29) is 19.0 Å². The van der Waals surface area contributed by atoms with E-state index < -0.39 is 5.97 Å². The molecule has 1 heterocycles. The van der Waals surface area contributed by atoms with Crippen LogP contribution in [0.2, 0.25) is 5.02 Å². The lowest BCUT2D eigenvalue weighted by atomic mass is 10.2. The second-order valence-electron chi connectivity index (χ2n) is 5.36. The average Bonchev–Trinajstić information content (AvgIpc) is 2.50. The fraction of sp³-hybridized carbons (Fsp3) is 0.176. The maximum absolute atomic E-state index is 12.2. The molecule has 0 aliphatic carbocycles. The van der Waals surface area contributed by atoms with Crippen LogP contribution in [0.4, 0.5) is 11.4 Å². The summed E-state index contributed by atoms with van der Waals surface area (Å²) in [5, 5.41) is 3.33. The summed E-state index contributed by atoms with van der Waals surface area (Å²) in [7, 11) is 0. The Morgan fingerprint density at radius 1 is 1.26 bits per heavy atom. The number of nitrogens with zero attached hydrogens (tertiary/aromatic N) is 1. The third kappa shape index (κ3) is 3.63. The molecule has 1 aliphatic heterocycles. The van der Waals surface area contributed by atoms with Gasteiger partial charge >= 0.3 is 5.97 Å². The molecular weight excluding hydrogens is 316 g/mol. The van der Waals surface area contributed by atoms with Gasteiger partial charge in [0, 0.05) is 10.7 Å². The van der Waals surface area contributed by atoms with Crippen LogP contribution >= 0.6 is 11.6 Å². The summed E-state index contributed by atoms with van der Waals surface area (Å²) in [5.74, 6) is -0.203. The number of nitrogens with one attached hydrogen (secondary N) is 1. The van der Waals surface area contributed by atoms with Gasteiger partial charge in [-0.05, 0) is 37.3 Å². The lowest BCUT2D eigenvalue weighted by Gasteiger charge is -2.29. The maximum atomic E-state index is 12.2. The van der Waals surface area contributed by atoms with Crippen molar-refractivity contribution >= 4 is 34.9 Å². The molecule has 0 radical (unpaired) electrons. The molecule has 0 atom stereocenters. The number of carbonyl (C=O) groups is 2. The topological polar surface area (TPSA) is 58.6 Å². The van der Waals surface area contributed by atoms with Crippen LogP contribution in [0.5, 0.6) is 5.75 Å². The van der Waals surface area contributed by atoms with E-state index in [1.54, 1.807) is 23.1 Å². The zero-order chi connectivity index (χ0) is 16.4. The predicted molar refractivity (Wildman–Crippen MR) is 89.1 cm³/mol. The molecule has 118 valence electrons. The van der Waals surface area contributed by atoms with E-state index in [1.807, 2.05) is 31.2 Å². The van der Waals surface area contributed by atoms with E-state index in [1.165, 1.54) is 0 Å². The number of amides is 1. The molecule has 1 aliphatic rings. The first-order valence-electron chi connectivity index (χ1n) is 7.13. The molecule has 0 aromatic heterocycles. The normalized spacial score (nSPS) is 13.3. The largest absolute Gasteiger partial charge is 0.423 e. The number of halogens is 1. The van der Waals surface area contributed by atoms with Crippen LogP contribution in [0, 0.1) is 6.92 Å². The van der Waals surface area contributed by atoms with Crippen LogP contribution in [0.25, 0.3) is 0 Å². The molecule has 0 spiro atoms. The Morgan fingerprint density at radius 2 is 2.00 bits per heavy atom. The molecule has 0 saturated heterocycles. The molecule has 2 aromatic carbocycles. The van der Waals surface area contributed by atoms with Gasteiger partial charge in [-0.1, -0.05) is 29.3 Å². The van der Waals surface area contributed by atoms with E-state index >= 15 is 0 Å². The Kier molecular flexibility index (Phi) is 4.21. The van der Waals surface area contributed by atoms with E-state index in [4.69, 9.17) is 16.3 Å². The van der Waals surface area contributed by atoms with Crippen LogP contribution in [0.15, 0.2) is 42.5 Å². The SMILES string of the molecule is Cc1ccc(NC(=O)CN2CC(=O)Oc3ccc(Cl)cc32)cc1. The van der Waals surface area contributed by atoms with Crippen molar-refractivity contribution in [3.8, 4) is 5.75 Å². The van der Waals surface area contributed by atoms with Crippen molar-refractivity contribution in [1.82, 2.24) is 0 Å². The van der Waals surface area contributed by atoms with E-state index in [9.17, 15) is 9.59 Å². The molecule has 1 N–H and O–H groups in total. The number of benzene rings is 2. The zero-order valence-electron chi connectivity index (χ0n) is 12.5. The van der Waals surface area contributed by atoms with Gasteiger partial charge in [0.05, 0.1) is 12.2 Å². The molecular formula is C17H15ClN2O3. The van der Waals surface area contributed by atoms with Crippen molar-refractivity contribution in [2.45, 2.75) is 6.92 Å². The minimum Gasteiger partial charge on any atom is -0.423 e. The molecule has 0 unspecified atom stereocenters. The number of anilines is 2. The van der Waals surface area contributed by atoms with Gasteiger partial charge in [-0.25, -0.2) is 4.79 Å². The third-order valence-corrected chi connectivity index (χ3v) is 3.71. The standard InChI is InChI=1S/C17H15ClN2O3/c1-11-2-5-13(6-3-11)19-16(21)9-20-10-17(22)23-15-7-4-12(18)8-14(15)20/h2-8H,9-10H2,1H3,(H,19,21). The van der Waals surface area contributed by atoms with E-state index in [2.05, 4.69) is 5.32 Å². The second kappa shape index (κ2) is 6.30. The van der Waals surface area contributed by atoms with Gasteiger partial charge in [-0.2, -0.15) is 0 Å². The molecule has 2 aromatic rings. The van der Waals surface area contributed by atoms with Gasteiger partial charge < -0.3 is 15.0 Å². The molecule has 6 heteroatoms. The van der Waals surface area contributed by atoms with Gasteiger partial charge in [-0.15, -0.1) is 0 Å². The number of aryl methyl sites for hydroxylation is 1. The highest BCUT2D eigenvalue weighted by Crippen LogP contribution is 2.34. The van der Waals surface area contributed by atoms with Gasteiger partial charge in [0.1, 0.15) is 6.54 Å². The Bertz CT molecular complexity index is 759. The summed E-state index contributed by atoms with van der Waals surface area (Å²) in [6.45, 7) is 2.02. The minimum absolute atomic E-state index is 0.00859. The minimum atomic E-state index is -0.400. The summed E-state index contributed by atoms with van der Waals surface area (Å²) < 4.78 is 5.16. The summed E-state index contributed by atoms with van der Waals surface area (Å²) in [6.07, 6.45) is 0. The number of hydrogen-bond acceptors (Lipinski definition) is 4. The second-order valence-corrected chi connectivity index (χ2v) is 5.79. The Morgan fingerprint density at radius 3 is 2.74 bits per heavy atom. The van der Waals surface area contributed by atoms with Crippen molar-refractivity contribution in [3.05, 3.63) is 53.1 Å². The molecule has 5 nitrogen and oxygen atoms in total. The van der Waals surface area contributed by atoms with Crippen LogP contribution in [0.3, 0.4) is 0 Å². The van der Waals surface area contributed by atoms with Crippen molar-refractivity contribution in [2.75, 3.05) is 23.3 Å². The fourth-order valence-corrected chi connectivity index (χ4v) is 2.54. The molecule has 0 saturated carbocycles. The van der Waals surface area contributed by atoms with E-state index in [0.29, 0.717) is 22.1 Å². The number of esters is 1. The third-order valence-electron chi connectivity index (χ3n) is 3.48. The molecule has 1 amide bonds. The number of rotatable bonds is 3. The van der Waals surface area contributed by atoms with Crippen LogP contribution in [0.1, 0.15) is 5.56 Å². The van der Waals surface area contributed by atoms with Gasteiger partial charge in [0.25, 0.3) is 0 Å². The quantitative estimate of drug-likeness (QED) is 0.694. The number of carbonyl (C=O) groups excluding carboxylic acids is 2. The lowest BCUT2D eigenvalue weighted by molar-refractivity contribution is -0.133. The molecule has 3 rings (SSSR count). The fourth-order valence-electron chi connectivity index (χ4n) is 2.37. The molecule has 0 bridgehead atoms. The van der Waals surface area contributed by atoms with Crippen LogP contribution < -0.4 is 15.0 Å². The van der Waals surface area contributed by atoms with Crippen LogP contribution in [-0.4, -0.2) is 25.0 Å². The van der Waals surface area contributed by atoms with Gasteiger partial charge in [0.15, 0.2) is 5.75 Å². The first kappa shape index (κ1) is 15.4. The number of fused-ring (bicyclic) bond motifs is 1. The number of hydrogen-bond donors (Lipinski definition) is 1. The lowest BCUT2D eigenvalue weighted by Crippen LogP contribution is -2.41. The van der Waals surface area contributed by atoms with Gasteiger partial charge in [0.2, 0.25) is 5.91 Å². The highest BCUT2D eigenvalue weighted by Gasteiger charge is 2.25. The summed E-state index contributed by atoms with van der Waals surface area (Å²) >= 11 is 5.99. The summed E-state index contributed by atoms with van der Waals surface area (Å²) in [6, 6.07) is 12.5. The number of ether oxygens (including phenoxy) is 1. The van der Waals surface area contributed by atoms with Crippen molar-refractivity contribution < 1.29 is 14.3 Å². The van der Waals surface area contributed by atoms with Gasteiger partial charge in [-0.3, -0.25) is 4.79 Å². The Hall–Kier alpha value is -2.53. The van der Waals surface area contributed by atoms with E-state index in [0.717, 1.165) is 5.56 Å². The first-order chi connectivity index (χ1) is 11.0. The summed E-state index contributed by atoms with van der Waals surface area (Å²) in [4.78, 5) is 25.5. The average molecular weight is 331 g/mol. The highest BCUT2D eigenvalue weighted by atomic mass is 35.5. The Balaban J connectivity index is 1.74. The molecule has 0 fully saturated rings. The monoisotopic (exact) mass is 330 g/mol. The predicted octanol–water partition coefficient (Wildman–Crippen LogP) is 3.01. The molecule has 23 heavy (non-hydrogen) atoms. The van der Waals surface area contributed by atoms with Crippen molar-refractivity contribution in [3.63, 3.8) is 0 Å². The zero-order valence-corrected chi connectivity index (χ0v) is 13.3.